The van der Waals surface area contributed by atoms with Crippen molar-refractivity contribution < 1.29 is 9.59 Å². The number of amides is 2. The summed E-state index contributed by atoms with van der Waals surface area (Å²) in [5, 5.41) is 2.99. The van der Waals surface area contributed by atoms with E-state index in [2.05, 4.69) is 24.4 Å². The molecule has 2 aromatic rings. The van der Waals surface area contributed by atoms with Gasteiger partial charge in [0.05, 0.1) is 5.75 Å². The maximum atomic E-state index is 12.6. The highest BCUT2D eigenvalue weighted by atomic mass is 32.2. The van der Waals surface area contributed by atoms with E-state index in [0.29, 0.717) is 12.2 Å². The Kier molecular flexibility index (Phi) is 6.78. The van der Waals surface area contributed by atoms with Gasteiger partial charge in [0.15, 0.2) is 0 Å². The number of hydrogen-bond acceptors (Lipinski definition) is 3. The minimum atomic E-state index is -0.0308. The van der Waals surface area contributed by atoms with Crippen molar-refractivity contribution in [3.8, 4) is 0 Å². The molecule has 1 heterocycles. The Hall–Kier alpha value is -2.27. The first-order valence-electron chi connectivity index (χ1n) is 11.1. The van der Waals surface area contributed by atoms with Gasteiger partial charge in [0.1, 0.15) is 5.37 Å². The Bertz CT molecular complexity index is 890. The molecule has 4 nitrogen and oxygen atoms in total. The van der Waals surface area contributed by atoms with Crippen LogP contribution in [0, 0.1) is 5.92 Å². The molecule has 2 aliphatic rings. The van der Waals surface area contributed by atoms with Gasteiger partial charge in [-0.1, -0.05) is 56.9 Å². The Morgan fingerprint density at radius 1 is 1.13 bits per heavy atom. The number of carbonyl (C=O) groups is 2. The molecule has 0 bridgehead atoms. The summed E-state index contributed by atoms with van der Waals surface area (Å²) < 4.78 is 0. The number of rotatable bonds is 7. The lowest BCUT2D eigenvalue weighted by Crippen LogP contribution is -2.27. The van der Waals surface area contributed by atoms with E-state index < -0.39 is 0 Å². The monoisotopic (exact) mass is 422 g/mol. The van der Waals surface area contributed by atoms with E-state index in [-0.39, 0.29) is 17.2 Å². The van der Waals surface area contributed by atoms with Crippen molar-refractivity contribution in [2.45, 2.75) is 57.2 Å². The van der Waals surface area contributed by atoms with Gasteiger partial charge >= 0.3 is 0 Å². The normalized spacial score (nSPS) is 19.4. The molecule has 158 valence electrons. The number of aryl methyl sites for hydroxylation is 1. The summed E-state index contributed by atoms with van der Waals surface area (Å²) in [6, 6.07) is 16.2. The first-order chi connectivity index (χ1) is 14.6. The van der Waals surface area contributed by atoms with Gasteiger partial charge < -0.3 is 5.32 Å². The van der Waals surface area contributed by atoms with Crippen LogP contribution in [0.4, 0.5) is 11.4 Å². The van der Waals surface area contributed by atoms with Crippen LogP contribution < -0.4 is 10.2 Å². The van der Waals surface area contributed by atoms with Crippen molar-refractivity contribution in [2.75, 3.05) is 16.0 Å². The molecule has 2 fully saturated rings. The van der Waals surface area contributed by atoms with Crippen molar-refractivity contribution in [3.05, 3.63) is 59.7 Å². The van der Waals surface area contributed by atoms with Gasteiger partial charge in [-0.25, -0.2) is 0 Å². The Balaban J connectivity index is 1.40. The fourth-order valence-corrected chi connectivity index (χ4v) is 5.64. The van der Waals surface area contributed by atoms with Gasteiger partial charge in [-0.2, -0.15) is 0 Å². The number of thioether (sulfide) groups is 1. The second-order valence-electron chi connectivity index (χ2n) is 8.31. The molecule has 5 heteroatoms. The second-order valence-corrected chi connectivity index (χ2v) is 9.38. The van der Waals surface area contributed by atoms with Crippen molar-refractivity contribution >= 4 is 35.0 Å². The topological polar surface area (TPSA) is 49.4 Å². The number of anilines is 2. The SMILES string of the molecule is CCc1cccc(N2C(=O)CSC2c2ccc(NC(=O)CCC3CCCC3)cc2)c1. The standard InChI is InChI=1S/C25H30N2O2S/c1-2-18-8-5-9-22(16-18)27-24(29)17-30-25(27)20-11-13-21(14-12-20)26-23(28)15-10-19-6-3-4-7-19/h5,8-9,11-14,16,19,25H,2-4,6-7,10,15,17H2,1H3,(H,26,28). The first-order valence-corrected chi connectivity index (χ1v) is 12.1. The zero-order valence-corrected chi connectivity index (χ0v) is 18.4. The zero-order chi connectivity index (χ0) is 20.9. The summed E-state index contributed by atoms with van der Waals surface area (Å²) >= 11 is 1.65. The van der Waals surface area contributed by atoms with Gasteiger partial charge in [-0.3, -0.25) is 14.5 Å². The molecule has 4 rings (SSSR count). The van der Waals surface area contributed by atoms with Gasteiger partial charge in [-0.15, -0.1) is 11.8 Å². The van der Waals surface area contributed by atoms with Crippen LogP contribution in [0.25, 0.3) is 0 Å². The Labute approximate surface area is 183 Å². The minimum Gasteiger partial charge on any atom is -0.326 e. The molecule has 1 N–H and O–H groups in total. The first kappa shape index (κ1) is 21.0. The molecule has 0 spiro atoms. The summed E-state index contributed by atoms with van der Waals surface area (Å²) in [6.45, 7) is 2.12. The molecule has 0 radical (unpaired) electrons. The lowest BCUT2D eigenvalue weighted by atomic mass is 10.0. The maximum absolute atomic E-state index is 12.6. The molecule has 1 aliphatic carbocycles. The highest BCUT2D eigenvalue weighted by Crippen LogP contribution is 2.42. The molecular weight excluding hydrogens is 392 g/mol. The Morgan fingerprint density at radius 3 is 2.63 bits per heavy atom. The second kappa shape index (κ2) is 9.69. The average molecular weight is 423 g/mol. The average Bonchev–Trinajstić information content (AvgIpc) is 3.42. The van der Waals surface area contributed by atoms with E-state index in [0.717, 1.165) is 35.7 Å². The predicted molar refractivity (Wildman–Crippen MR) is 125 cm³/mol. The van der Waals surface area contributed by atoms with E-state index in [1.165, 1.54) is 31.2 Å². The number of nitrogens with zero attached hydrogens (tertiary/aromatic N) is 1. The molecule has 1 saturated heterocycles. The van der Waals surface area contributed by atoms with Gasteiger partial charge in [0.25, 0.3) is 0 Å². The van der Waals surface area contributed by atoms with Crippen LogP contribution >= 0.6 is 11.8 Å². The molecule has 2 amide bonds. The van der Waals surface area contributed by atoms with Crippen molar-refractivity contribution in [1.29, 1.82) is 0 Å². The van der Waals surface area contributed by atoms with E-state index in [1.54, 1.807) is 11.8 Å². The van der Waals surface area contributed by atoms with Gasteiger partial charge in [0, 0.05) is 17.8 Å². The van der Waals surface area contributed by atoms with Crippen LogP contribution in [0.15, 0.2) is 48.5 Å². The van der Waals surface area contributed by atoms with E-state index in [9.17, 15) is 9.59 Å². The molecule has 0 aromatic heterocycles. The summed E-state index contributed by atoms with van der Waals surface area (Å²) in [5.41, 5.74) is 4.09. The number of nitrogens with one attached hydrogen (secondary N) is 1. The minimum absolute atomic E-state index is 0.0308. The molecule has 1 saturated carbocycles. The quantitative estimate of drug-likeness (QED) is 0.601. The number of hydrogen-bond donors (Lipinski definition) is 1. The summed E-state index contributed by atoms with van der Waals surface area (Å²) in [6.07, 6.45) is 7.72. The molecule has 1 atom stereocenters. The van der Waals surface area contributed by atoms with Crippen LogP contribution in [-0.4, -0.2) is 17.6 Å². The van der Waals surface area contributed by atoms with Crippen LogP contribution in [0.5, 0.6) is 0 Å². The van der Waals surface area contributed by atoms with Crippen LogP contribution in [0.2, 0.25) is 0 Å². The third kappa shape index (κ3) is 4.89. The highest BCUT2D eigenvalue weighted by molar-refractivity contribution is 8.00. The molecule has 1 aliphatic heterocycles. The van der Waals surface area contributed by atoms with Gasteiger partial charge in [-0.05, 0) is 54.2 Å². The number of carbonyl (C=O) groups excluding carboxylic acids is 2. The van der Waals surface area contributed by atoms with Crippen molar-refractivity contribution in [1.82, 2.24) is 0 Å². The van der Waals surface area contributed by atoms with Crippen LogP contribution in [0.3, 0.4) is 0 Å². The fourth-order valence-electron chi connectivity index (χ4n) is 4.46. The van der Waals surface area contributed by atoms with E-state index in [4.69, 9.17) is 0 Å². The van der Waals surface area contributed by atoms with Crippen LogP contribution in [-0.2, 0) is 16.0 Å². The summed E-state index contributed by atoms with van der Waals surface area (Å²) in [7, 11) is 0. The third-order valence-electron chi connectivity index (χ3n) is 6.20. The summed E-state index contributed by atoms with van der Waals surface area (Å²) in [5.74, 6) is 1.45. The zero-order valence-electron chi connectivity index (χ0n) is 17.6. The van der Waals surface area contributed by atoms with Crippen LogP contribution in [0.1, 0.15) is 61.9 Å². The number of benzene rings is 2. The van der Waals surface area contributed by atoms with Crippen molar-refractivity contribution in [2.24, 2.45) is 5.92 Å². The van der Waals surface area contributed by atoms with E-state index in [1.807, 2.05) is 41.3 Å². The van der Waals surface area contributed by atoms with Crippen molar-refractivity contribution in [3.63, 3.8) is 0 Å². The molecule has 2 aromatic carbocycles. The molecule has 30 heavy (non-hydrogen) atoms. The lowest BCUT2D eigenvalue weighted by molar-refractivity contribution is -0.117. The fraction of sp³-hybridized carbons (Fsp3) is 0.440. The molecular formula is C25H30N2O2S. The largest absolute Gasteiger partial charge is 0.326 e. The Morgan fingerprint density at radius 2 is 1.90 bits per heavy atom. The predicted octanol–water partition coefficient (Wildman–Crippen LogP) is 5.94. The third-order valence-corrected chi connectivity index (χ3v) is 7.41. The smallest absolute Gasteiger partial charge is 0.238 e. The van der Waals surface area contributed by atoms with E-state index >= 15 is 0 Å². The highest BCUT2D eigenvalue weighted by Gasteiger charge is 2.34. The molecule has 1 unspecified atom stereocenters. The van der Waals surface area contributed by atoms with Gasteiger partial charge in [0.2, 0.25) is 11.8 Å². The maximum Gasteiger partial charge on any atom is 0.238 e. The summed E-state index contributed by atoms with van der Waals surface area (Å²) in [4.78, 5) is 26.8. The lowest BCUT2D eigenvalue weighted by Gasteiger charge is -2.25.